The molecule has 38 heavy (non-hydrogen) atoms. The number of nitriles is 1. The number of esters is 1. The molecule has 0 bridgehead atoms. The number of carbonyl (C=O) groups is 1. The van der Waals surface area contributed by atoms with Crippen LogP contribution in [0.3, 0.4) is 0 Å². The van der Waals surface area contributed by atoms with E-state index in [1.54, 1.807) is 42.5 Å². The summed E-state index contributed by atoms with van der Waals surface area (Å²) < 4.78 is 27.9. The number of benzene rings is 3. The number of nitrogens with two attached hydrogens (primary N) is 1. The molecule has 1 aliphatic heterocycles. The molecule has 1 atom stereocenters. The van der Waals surface area contributed by atoms with Crippen molar-refractivity contribution in [3.63, 3.8) is 0 Å². The zero-order valence-electron chi connectivity index (χ0n) is 21.6. The standard InChI is InChI=1S/C30H30N2O6/c1-19(2)13-14-35-21-8-6-7-20(15-21)29-23-12-11-22(16-27(23)38-30(32)24(29)17-31)37-28(33)18-36-26-10-5-4-9-25(26)34-3/h4-12,15-16,19,29H,13-14,18,32H2,1-3H3. The predicted octanol–water partition coefficient (Wildman–Crippen LogP) is 5.32. The molecule has 8 heteroatoms. The Balaban J connectivity index is 1.52. The van der Waals surface area contributed by atoms with Gasteiger partial charge in [-0.3, -0.25) is 0 Å². The smallest absolute Gasteiger partial charge is 0.349 e. The van der Waals surface area contributed by atoms with Gasteiger partial charge in [0.25, 0.3) is 0 Å². The monoisotopic (exact) mass is 514 g/mol. The second kappa shape index (κ2) is 12.1. The third kappa shape index (κ3) is 6.19. The minimum atomic E-state index is -0.601. The van der Waals surface area contributed by atoms with E-state index in [0.717, 1.165) is 17.5 Å². The Kier molecular flexibility index (Phi) is 8.39. The Morgan fingerprint density at radius 2 is 1.82 bits per heavy atom. The Bertz CT molecular complexity index is 1380. The van der Waals surface area contributed by atoms with E-state index in [4.69, 9.17) is 29.4 Å². The molecule has 0 aliphatic carbocycles. The van der Waals surface area contributed by atoms with Crippen molar-refractivity contribution < 1.29 is 28.5 Å². The fourth-order valence-electron chi connectivity index (χ4n) is 4.07. The molecule has 1 heterocycles. The van der Waals surface area contributed by atoms with Crippen LogP contribution in [0.15, 0.2) is 78.2 Å². The second-order valence-electron chi connectivity index (χ2n) is 9.14. The molecule has 1 unspecified atom stereocenters. The van der Waals surface area contributed by atoms with Crippen molar-refractivity contribution in [3.8, 4) is 34.8 Å². The highest BCUT2D eigenvalue weighted by molar-refractivity contribution is 5.74. The molecule has 3 aromatic carbocycles. The van der Waals surface area contributed by atoms with Crippen molar-refractivity contribution in [3.05, 3.63) is 89.3 Å². The van der Waals surface area contributed by atoms with Crippen molar-refractivity contribution in [1.82, 2.24) is 0 Å². The molecule has 0 fully saturated rings. The van der Waals surface area contributed by atoms with Gasteiger partial charge in [0.05, 0.1) is 19.6 Å². The Morgan fingerprint density at radius 3 is 2.55 bits per heavy atom. The van der Waals surface area contributed by atoms with Gasteiger partial charge in [-0.2, -0.15) is 5.26 Å². The topological polar surface area (TPSA) is 113 Å². The summed E-state index contributed by atoms with van der Waals surface area (Å²) in [6, 6.07) is 21.8. The van der Waals surface area contributed by atoms with Gasteiger partial charge in [0.2, 0.25) is 5.88 Å². The summed E-state index contributed by atoms with van der Waals surface area (Å²) in [5.41, 5.74) is 8.00. The van der Waals surface area contributed by atoms with Crippen molar-refractivity contribution in [2.45, 2.75) is 26.2 Å². The van der Waals surface area contributed by atoms with Crippen LogP contribution in [-0.2, 0) is 4.79 Å². The first kappa shape index (κ1) is 26.4. The lowest BCUT2D eigenvalue weighted by molar-refractivity contribution is -0.136. The molecule has 0 saturated carbocycles. The number of fused-ring (bicyclic) bond motifs is 1. The van der Waals surface area contributed by atoms with Crippen LogP contribution in [0.2, 0.25) is 0 Å². The highest BCUT2D eigenvalue weighted by Crippen LogP contribution is 2.44. The van der Waals surface area contributed by atoms with Gasteiger partial charge in [-0.1, -0.05) is 44.2 Å². The van der Waals surface area contributed by atoms with Crippen molar-refractivity contribution in [2.75, 3.05) is 20.3 Å². The summed E-state index contributed by atoms with van der Waals surface area (Å²) in [5.74, 6) is 1.78. The van der Waals surface area contributed by atoms with E-state index in [-0.39, 0.29) is 18.2 Å². The summed E-state index contributed by atoms with van der Waals surface area (Å²) in [5, 5.41) is 9.86. The first-order valence-electron chi connectivity index (χ1n) is 12.3. The van der Waals surface area contributed by atoms with E-state index >= 15 is 0 Å². The van der Waals surface area contributed by atoms with Crippen LogP contribution in [0.25, 0.3) is 0 Å². The number of ether oxygens (including phenoxy) is 5. The van der Waals surface area contributed by atoms with Gasteiger partial charge in [-0.05, 0) is 48.2 Å². The lowest BCUT2D eigenvalue weighted by Crippen LogP contribution is -2.22. The molecular weight excluding hydrogens is 484 g/mol. The van der Waals surface area contributed by atoms with Crippen molar-refractivity contribution in [2.24, 2.45) is 11.7 Å². The summed E-state index contributed by atoms with van der Waals surface area (Å²) in [4.78, 5) is 12.4. The van der Waals surface area contributed by atoms with Crippen LogP contribution in [0.1, 0.15) is 37.3 Å². The van der Waals surface area contributed by atoms with Gasteiger partial charge in [0.15, 0.2) is 18.1 Å². The number of para-hydroxylation sites is 2. The minimum absolute atomic E-state index is 0.000822. The van der Waals surface area contributed by atoms with Crippen LogP contribution in [0, 0.1) is 17.2 Å². The number of rotatable bonds is 10. The first-order chi connectivity index (χ1) is 18.4. The zero-order chi connectivity index (χ0) is 27.1. The van der Waals surface area contributed by atoms with E-state index in [2.05, 4.69) is 19.9 Å². The van der Waals surface area contributed by atoms with Crippen LogP contribution in [-0.4, -0.2) is 26.3 Å². The number of allylic oxidation sites excluding steroid dienone is 1. The average molecular weight is 515 g/mol. The fourth-order valence-corrected chi connectivity index (χ4v) is 4.07. The lowest BCUT2D eigenvalue weighted by Gasteiger charge is -2.27. The molecule has 0 saturated heterocycles. The van der Waals surface area contributed by atoms with Gasteiger partial charge in [-0.25, -0.2) is 4.79 Å². The van der Waals surface area contributed by atoms with Gasteiger partial charge < -0.3 is 29.4 Å². The predicted molar refractivity (Wildman–Crippen MR) is 141 cm³/mol. The molecule has 8 nitrogen and oxygen atoms in total. The van der Waals surface area contributed by atoms with Crippen LogP contribution >= 0.6 is 0 Å². The minimum Gasteiger partial charge on any atom is -0.494 e. The van der Waals surface area contributed by atoms with Crippen molar-refractivity contribution >= 4 is 5.97 Å². The number of hydrogen-bond acceptors (Lipinski definition) is 8. The van der Waals surface area contributed by atoms with Crippen LogP contribution in [0.4, 0.5) is 0 Å². The summed E-state index contributed by atoms with van der Waals surface area (Å²) in [6.45, 7) is 4.57. The Hall–Kier alpha value is -4.64. The van der Waals surface area contributed by atoms with Gasteiger partial charge in [0.1, 0.15) is 28.9 Å². The zero-order valence-corrected chi connectivity index (χ0v) is 21.6. The average Bonchev–Trinajstić information content (AvgIpc) is 2.91. The summed E-state index contributed by atoms with van der Waals surface area (Å²) in [6.07, 6.45) is 0.937. The number of methoxy groups -OCH3 is 1. The lowest BCUT2D eigenvalue weighted by atomic mass is 9.83. The maximum atomic E-state index is 12.4. The Morgan fingerprint density at radius 1 is 1.03 bits per heavy atom. The summed E-state index contributed by atoms with van der Waals surface area (Å²) >= 11 is 0. The molecule has 0 amide bonds. The normalized spacial score (nSPS) is 14.2. The number of carbonyl (C=O) groups excluding carboxylic acids is 1. The highest BCUT2D eigenvalue weighted by atomic mass is 16.6. The Labute approximate surface area is 222 Å². The molecule has 3 aromatic rings. The van der Waals surface area contributed by atoms with E-state index in [9.17, 15) is 10.1 Å². The SMILES string of the molecule is COc1ccccc1OCC(=O)Oc1ccc2c(c1)OC(N)=C(C#N)C2c1cccc(OCCC(C)C)c1. The van der Waals surface area contributed by atoms with Gasteiger partial charge in [-0.15, -0.1) is 0 Å². The second-order valence-corrected chi connectivity index (χ2v) is 9.14. The maximum Gasteiger partial charge on any atom is 0.349 e. The van der Waals surface area contributed by atoms with Crippen molar-refractivity contribution in [1.29, 1.82) is 5.26 Å². The largest absolute Gasteiger partial charge is 0.494 e. The molecular formula is C30H30N2O6. The number of hydrogen-bond donors (Lipinski definition) is 1. The van der Waals surface area contributed by atoms with Gasteiger partial charge >= 0.3 is 5.97 Å². The molecule has 0 radical (unpaired) electrons. The molecule has 4 rings (SSSR count). The molecule has 196 valence electrons. The van der Waals surface area contributed by atoms with Crippen LogP contribution in [0.5, 0.6) is 28.7 Å². The van der Waals surface area contributed by atoms with E-state index in [1.165, 1.54) is 7.11 Å². The quantitative estimate of drug-likeness (QED) is 0.286. The maximum absolute atomic E-state index is 12.4. The van der Waals surface area contributed by atoms with Gasteiger partial charge in [0, 0.05) is 11.6 Å². The molecule has 2 N–H and O–H groups in total. The number of nitrogens with zero attached hydrogens (tertiary/aromatic N) is 1. The van der Waals surface area contributed by atoms with E-state index in [1.807, 2.05) is 24.3 Å². The van der Waals surface area contributed by atoms with E-state index < -0.39 is 11.9 Å². The van der Waals surface area contributed by atoms with E-state index in [0.29, 0.717) is 41.1 Å². The highest BCUT2D eigenvalue weighted by Gasteiger charge is 2.31. The fraction of sp³-hybridized carbons (Fsp3) is 0.267. The first-order valence-corrected chi connectivity index (χ1v) is 12.3. The molecule has 0 spiro atoms. The third-order valence-electron chi connectivity index (χ3n) is 5.99. The third-order valence-corrected chi connectivity index (χ3v) is 5.99. The van der Waals surface area contributed by atoms with Crippen LogP contribution < -0.4 is 29.4 Å². The molecule has 1 aliphatic rings. The summed E-state index contributed by atoms with van der Waals surface area (Å²) in [7, 11) is 1.52. The molecule has 0 aromatic heterocycles.